The van der Waals surface area contributed by atoms with Gasteiger partial charge in [-0.1, -0.05) is 18.2 Å². The number of fused-ring (bicyclic) bond motifs is 1. The zero-order chi connectivity index (χ0) is 17.9. The number of hydrogen-bond acceptors (Lipinski definition) is 5. The van der Waals surface area contributed by atoms with Gasteiger partial charge in [-0.3, -0.25) is 4.98 Å². The number of pyridine rings is 1. The zero-order valence-corrected chi connectivity index (χ0v) is 14.7. The van der Waals surface area contributed by atoms with Crippen molar-refractivity contribution < 1.29 is 4.74 Å². The van der Waals surface area contributed by atoms with Crippen LogP contribution in [0.4, 0.5) is 5.82 Å². The summed E-state index contributed by atoms with van der Waals surface area (Å²) in [5.41, 5.74) is 4.59. The number of benzene rings is 1. The van der Waals surface area contributed by atoms with Crippen LogP contribution in [0.2, 0.25) is 0 Å². The van der Waals surface area contributed by atoms with E-state index in [1.54, 1.807) is 13.3 Å². The lowest BCUT2D eigenvalue weighted by Gasteiger charge is -2.09. The molecule has 1 aromatic carbocycles. The molecule has 0 spiro atoms. The smallest absolute Gasteiger partial charge is 0.158 e. The molecule has 130 valence electrons. The van der Waals surface area contributed by atoms with Crippen LogP contribution in [0.5, 0.6) is 5.75 Å². The Kier molecular flexibility index (Phi) is 4.23. The first-order valence-corrected chi connectivity index (χ1v) is 8.38. The van der Waals surface area contributed by atoms with Gasteiger partial charge in [0.15, 0.2) is 5.65 Å². The number of anilines is 1. The number of hydrogen-bond donors (Lipinski definition) is 1. The average molecular weight is 345 g/mol. The quantitative estimate of drug-likeness (QED) is 0.597. The molecule has 1 N–H and O–H groups in total. The molecule has 0 saturated carbocycles. The molecule has 6 heteroatoms. The lowest BCUT2D eigenvalue weighted by atomic mass is 10.1. The number of nitrogens with one attached hydrogen (secondary N) is 1. The van der Waals surface area contributed by atoms with Crippen LogP contribution in [0.15, 0.2) is 60.9 Å². The van der Waals surface area contributed by atoms with Gasteiger partial charge in [-0.2, -0.15) is 9.61 Å². The summed E-state index contributed by atoms with van der Waals surface area (Å²) in [7, 11) is 1.66. The van der Waals surface area contributed by atoms with Crippen LogP contribution in [-0.2, 0) is 6.54 Å². The molecule has 0 unspecified atom stereocenters. The number of methoxy groups -OCH3 is 1. The Morgan fingerprint density at radius 3 is 2.81 bits per heavy atom. The van der Waals surface area contributed by atoms with Gasteiger partial charge in [-0.15, -0.1) is 0 Å². The van der Waals surface area contributed by atoms with E-state index in [1.807, 2.05) is 66.2 Å². The SMILES string of the molecule is COc1ccccc1-c1cc2nc(C)cc(NCc3cccnc3)n2n1. The minimum atomic E-state index is 0.663. The van der Waals surface area contributed by atoms with E-state index >= 15 is 0 Å². The Morgan fingerprint density at radius 1 is 1.12 bits per heavy atom. The van der Waals surface area contributed by atoms with Crippen molar-refractivity contribution in [1.29, 1.82) is 0 Å². The lowest BCUT2D eigenvalue weighted by Crippen LogP contribution is -2.07. The second-order valence-electron chi connectivity index (χ2n) is 6.00. The van der Waals surface area contributed by atoms with Gasteiger partial charge in [-0.05, 0) is 30.7 Å². The van der Waals surface area contributed by atoms with Crippen LogP contribution in [0.25, 0.3) is 16.9 Å². The van der Waals surface area contributed by atoms with Crippen molar-refractivity contribution >= 4 is 11.5 Å². The number of aryl methyl sites for hydroxylation is 1. The summed E-state index contributed by atoms with van der Waals surface area (Å²) >= 11 is 0. The summed E-state index contributed by atoms with van der Waals surface area (Å²) in [5.74, 6) is 1.68. The number of nitrogens with zero attached hydrogens (tertiary/aromatic N) is 4. The molecule has 4 aromatic rings. The van der Waals surface area contributed by atoms with Gasteiger partial charge >= 0.3 is 0 Å². The topological polar surface area (TPSA) is 64.3 Å². The second kappa shape index (κ2) is 6.84. The average Bonchev–Trinajstić information content (AvgIpc) is 3.10. The molecular weight excluding hydrogens is 326 g/mol. The molecular formula is C20H19N5O. The second-order valence-corrected chi connectivity index (χ2v) is 6.00. The predicted octanol–water partition coefficient (Wildman–Crippen LogP) is 3.72. The summed E-state index contributed by atoms with van der Waals surface area (Å²) in [6.07, 6.45) is 3.62. The number of aromatic nitrogens is 4. The van der Waals surface area contributed by atoms with Crippen molar-refractivity contribution in [3.05, 3.63) is 72.2 Å². The van der Waals surface area contributed by atoms with Crippen molar-refractivity contribution in [2.75, 3.05) is 12.4 Å². The summed E-state index contributed by atoms with van der Waals surface area (Å²) in [5, 5.41) is 8.17. The Morgan fingerprint density at radius 2 is 2.00 bits per heavy atom. The van der Waals surface area contributed by atoms with Gasteiger partial charge in [0.2, 0.25) is 0 Å². The molecule has 0 aliphatic rings. The van der Waals surface area contributed by atoms with Crippen LogP contribution in [0, 0.1) is 6.92 Å². The predicted molar refractivity (Wildman–Crippen MR) is 101 cm³/mol. The Hall–Kier alpha value is -3.41. The Labute approximate surface area is 151 Å². The maximum Gasteiger partial charge on any atom is 0.158 e. The van der Waals surface area contributed by atoms with Crippen molar-refractivity contribution in [1.82, 2.24) is 19.6 Å². The molecule has 6 nitrogen and oxygen atoms in total. The van der Waals surface area contributed by atoms with Crippen LogP contribution in [-0.4, -0.2) is 26.7 Å². The third kappa shape index (κ3) is 3.09. The summed E-state index contributed by atoms with van der Waals surface area (Å²) < 4.78 is 7.29. The highest BCUT2D eigenvalue weighted by Crippen LogP contribution is 2.29. The maximum atomic E-state index is 5.46. The molecule has 0 fully saturated rings. The number of rotatable bonds is 5. The van der Waals surface area contributed by atoms with Crippen molar-refractivity contribution in [2.45, 2.75) is 13.5 Å². The van der Waals surface area contributed by atoms with E-state index in [9.17, 15) is 0 Å². The summed E-state index contributed by atoms with van der Waals surface area (Å²) in [6.45, 7) is 2.64. The minimum Gasteiger partial charge on any atom is -0.496 e. The summed E-state index contributed by atoms with van der Waals surface area (Å²) in [4.78, 5) is 8.75. The van der Waals surface area contributed by atoms with Gasteiger partial charge in [0, 0.05) is 42.3 Å². The van der Waals surface area contributed by atoms with Crippen LogP contribution in [0.3, 0.4) is 0 Å². The van der Waals surface area contributed by atoms with E-state index in [2.05, 4.69) is 15.3 Å². The molecule has 0 amide bonds. The van der Waals surface area contributed by atoms with Crippen LogP contribution in [0.1, 0.15) is 11.3 Å². The van der Waals surface area contributed by atoms with Gasteiger partial charge in [0.25, 0.3) is 0 Å². The molecule has 26 heavy (non-hydrogen) atoms. The molecule has 0 radical (unpaired) electrons. The fraction of sp³-hybridized carbons (Fsp3) is 0.150. The van der Waals surface area contributed by atoms with Crippen molar-refractivity contribution in [3.8, 4) is 17.0 Å². The van der Waals surface area contributed by atoms with Crippen LogP contribution >= 0.6 is 0 Å². The zero-order valence-electron chi connectivity index (χ0n) is 14.7. The molecule has 0 aliphatic carbocycles. The largest absolute Gasteiger partial charge is 0.496 e. The first kappa shape index (κ1) is 16.1. The highest BCUT2D eigenvalue weighted by Gasteiger charge is 2.13. The van der Waals surface area contributed by atoms with E-state index in [0.717, 1.165) is 39.7 Å². The molecule has 0 saturated heterocycles. The Balaban J connectivity index is 1.73. The normalized spacial score (nSPS) is 10.8. The molecule has 3 aromatic heterocycles. The standard InChI is InChI=1S/C20H19N5O/c1-14-10-19(22-13-15-6-5-9-21-12-15)25-20(23-14)11-17(24-25)16-7-3-4-8-18(16)26-2/h3-12,22H,13H2,1-2H3. The van der Waals surface area contributed by atoms with Gasteiger partial charge in [0.05, 0.1) is 12.8 Å². The maximum absolute atomic E-state index is 5.46. The molecule has 0 bridgehead atoms. The lowest BCUT2D eigenvalue weighted by molar-refractivity contribution is 0.416. The van der Waals surface area contributed by atoms with E-state index in [1.165, 1.54) is 0 Å². The third-order valence-corrected chi connectivity index (χ3v) is 4.13. The highest BCUT2D eigenvalue weighted by molar-refractivity contribution is 5.71. The fourth-order valence-electron chi connectivity index (χ4n) is 2.91. The Bertz CT molecular complexity index is 1040. The van der Waals surface area contributed by atoms with E-state index in [4.69, 9.17) is 9.84 Å². The molecule has 0 atom stereocenters. The fourth-order valence-corrected chi connectivity index (χ4v) is 2.91. The van der Waals surface area contributed by atoms with E-state index in [0.29, 0.717) is 6.54 Å². The number of ether oxygens (including phenoxy) is 1. The highest BCUT2D eigenvalue weighted by atomic mass is 16.5. The first-order valence-electron chi connectivity index (χ1n) is 8.38. The number of para-hydroxylation sites is 1. The molecule has 3 heterocycles. The van der Waals surface area contributed by atoms with Gasteiger partial charge in [0.1, 0.15) is 11.6 Å². The minimum absolute atomic E-state index is 0.663. The van der Waals surface area contributed by atoms with E-state index < -0.39 is 0 Å². The monoisotopic (exact) mass is 345 g/mol. The van der Waals surface area contributed by atoms with Gasteiger partial charge < -0.3 is 10.1 Å². The summed E-state index contributed by atoms with van der Waals surface area (Å²) in [6, 6.07) is 15.8. The third-order valence-electron chi connectivity index (χ3n) is 4.13. The molecule has 0 aliphatic heterocycles. The van der Waals surface area contributed by atoms with Crippen LogP contribution < -0.4 is 10.1 Å². The van der Waals surface area contributed by atoms with Crippen molar-refractivity contribution in [3.63, 3.8) is 0 Å². The van der Waals surface area contributed by atoms with Gasteiger partial charge in [-0.25, -0.2) is 4.98 Å². The van der Waals surface area contributed by atoms with E-state index in [-0.39, 0.29) is 0 Å². The molecule has 4 rings (SSSR count). The van der Waals surface area contributed by atoms with Crippen molar-refractivity contribution in [2.24, 2.45) is 0 Å². The first-order chi connectivity index (χ1) is 12.7.